The summed E-state index contributed by atoms with van der Waals surface area (Å²) in [4.78, 5) is 11.2. The summed E-state index contributed by atoms with van der Waals surface area (Å²) in [6.07, 6.45) is 0. The van der Waals surface area contributed by atoms with E-state index in [9.17, 15) is 10.1 Å². The maximum atomic E-state index is 10.9. The molecule has 0 spiro atoms. The van der Waals surface area contributed by atoms with Crippen LogP contribution in [0.3, 0.4) is 0 Å². The van der Waals surface area contributed by atoms with Crippen molar-refractivity contribution in [2.75, 3.05) is 0 Å². The lowest BCUT2D eigenvalue weighted by molar-refractivity contribution is -0.384. The lowest BCUT2D eigenvalue weighted by Gasteiger charge is -2.00. The standard InChI is InChI=1S/C14H7ClN4O2S/c15-9-4-5-11-12(7-9)22-14-17-16-13(18(11)14)8-2-1-3-10(6-8)19(20)21/h1-7H. The predicted octanol–water partition coefficient (Wildman–Crippen LogP) is 4.17. The molecule has 4 rings (SSSR count). The molecule has 0 radical (unpaired) electrons. The molecule has 0 unspecified atom stereocenters. The maximum Gasteiger partial charge on any atom is 0.270 e. The Labute approximate surface area is 132 Å². The third kappa shape index (κ3) is 1.94. The second kappa shape index (κ2) is 4.75. The fraction of sp³-hybridized carbons (Fsp3) is 0. The first kappa shape index (κ1) is 13.2. The molecule has 0 saturated heterocycles. The number of non-ortho nitro benzene ring substituents is 1. The molecule has 2 heterocycles. The number of rotatable bonds is 2. The zero-order valence-electron chi connectivity index (χ0n) is 10.9. The van der Waals surface area contributed by atoms with Gasteiger partial charge in [-0.25, -0.2) is 0 Å². The molecule has 8 heteroatoms. The van der Waals surface area contributed by atoms with Gasteiger partial charge in [0.25, 0.3) is 5.69 Å². The van der Waals surface area contributed by atoms with E-state index in [4.69, 9.17) is 11.6 Å². The number of hydrogen-bond acceptors (Lipinski definition) is 5. The Bertz CT molecular complexity index is 1040. The van der Waals surface area contributed by atoms with Crippen LogP contribution in [0.1, 0.15) is 0 Å². The van der Waals surface area contributed by atoms with Crippen molar-refractivity contribution in [1.29, 1.82) is 0 Å². The van der Waals surface area contributed by atoms with Gasteiger partial charge in [-0.1, -0.05) is 35.1 Å². The molecule has 0 aliphatic rings. The molecule has 0 bridgehead atoms. The molecular formula is C14H7ClN4O2S. The van der Waals surface area contributed by atoms with Crippen LogP contribution in [0.25, 0.3) is 26.6 Å². The summed E-state index contributed by atoms with van der Waals surface area (Å²) in [6.45, 7) is 0. The van der Waals surface area contributed by atoms with E-state index < -0.39 is 4.92 Å². The van der Waals surface area contributed by atoms with Crippen molar-refractivity contribution >= 4 is 43.8 Å². The van der Waals surface area contributed by atoms with Gasteiger partial charge < -0.3 is 0 Å². The second-order valence-corrected chi connectivity index (χ2v) is 6.11. The fourth-order valence-corrected chi connectivity index (χ4v) is 3.59. The summed E-state index contributed by atoms with van der Waals surface area (Å²) in [5, 5.41) is 19.9. The number of halogens is 1. The summed E-state index contributed by atoms with van der Waals surface area (Å²) in [5.41, 5.74) is 1.60. The van der Waals surface area contributed by atoms with Crippen LogP contribution in [-0.4, -0.2) is 19.5 Å². The van der Waals surface area contributed by atoms with Crippen molar-refractivity contribution in [2.45, 2.75) is 0 Å². The quantitative estimate of drug-likeness (QED) is 0.408. The number of fused-ring (bicyclic) bond motifs is 3. The Morgan fingerprint density at radius 3 is 2.86 bits per heavy atom. The summed E-state index contributed by atoms with van der Waals surface area (Å²) in [5.74, 6) is 0.576. The number of aromatic nitrogens is 3. The van der Waals surface area contributed by atoms with E-state index >= 15 is 0 Å². The van der Waals surface area contributed by atoms with Gasteiger partial charge in [0.1, 0.15) is 0 Å². The molecule has 0 aliphatic carbocycles. The molecule has 0 fully saturated rings. The molecule has 2 aromatic carbocycles. The van der Waals surface area contributed by atoms with Crippen molar-refractivity contribution < 1.29 is 4.92 Å². The highest BCUT2D eigenvalue weighted by Gasteiger charge is 2.16. The molecule has 4 aromatic rings. The Hall–Kier alpha value is -2.51. The highest BCUT2D eigenvalue weighted by Crippen LogP contribution is 2.32. The monoisotopic (exact) mass is 330 g/mol. The van der Waals surface area contributed by atoms with Crippen LogP contribution < -0.4 is 0 Å². The zero-order chi connectivity index (χ0) is 15.3. The minimum Gasteiger partial charge on any atom is -0.265 e. The number of nitro groups is 1. The molecule has 6 nitrogen and oxygen atoms in total. The van der Waals surface area contributed by atoms with Crippen LogP contribution in [0.5, 0.6) is 0 Å². The van der Waals surface area contributed by atoms with Crippen LogP contribution >= 0.6 is 22.9 Å². The lowest BCUT2D eigenvalue weighted by Crippen LogP contribution is -1.91. The molecule has 0 amide bonds. The molecule has 0 atom stereocenters. The van der Waals surface area contributed by atoms with Gasteiger partial charge in [0, 0.05) is 22.7 Å². The van der Waals surface area contributed by atoms with E-state index in [1.54, 1.807) is 18.2 Å². The topological polar surface area (TPSA) is 73.3 Å². The molecule has 0 saturated carbocycles. The first-order valence-electron chi connectivity index (χ1n) is 6.31. The van der Waals surface area contributed by atoms with Gasteiger partial charge in [0.2, 0.25) is 4.96 Å². The van der Waals surface area contributed by atoms with E-state index in [0.717, 1.165) is 15.2 Å². The van der Waals surface area contributed by atoms with Crippen LogP contribution in [-0.2, 0) is 0 Å². The third-order valence-corrected chi connectivity index (χ3v) is 4.54. The van der Waals surface area contributed by atoms with Crippen LogP contribution in [0.2, 0.25) is 5.02 Å². The molecule has 2 aromatic heterocycles. The van der Waals surface area contributed by atoms with Crippen molar-refractivity contribution in [2.24, 2.45) is 0 Å². The Morgan fingerprint density at radius 1 is 1.18 bits per heavy atom. The second-order valence-electron chi connectivity index (χ2n) is 4.66. The fourth-order valence-electron chi connectivity index (χ4n) is 2.35. The number of benzene rings is 2. The van der Waals surface area contributed by atoms with Crippen LogP contribution in [0.15, 0.2) is 42.5 Å². The summed E-state index contributed by atoms with van der Waals surface area (Å²) < 4.78 is 2.87. The summed E-state index contributed by atoms with van der Waals surface area (Å²) in [6, 6.07) is 11.9. The first-order valence-corrected chi connectivity index (χ1v) is 7.51. The van der Waals surface area contributed by atoms with Crippen molar-refractivity contribution in [3.8, 4) is 11.4 Å². The number of thiazole rings is 1. The minimum atomic E-state index is -0.423. The SMILES string of the molecule is O=[N+]([O-])c1cccc(-c2nnc3sc4cc(Cl)ccc4n23)c1. The van der Waals surface area contributed by atoms with E-state index in [1.165, 1.54) is 23.5 Å². The zero-order valence-corrected chi connectivity index (χ0v) is 12.5. The van der Waals surface area contributed by atoms with Gasteiger partial charge in [-0.15, -0.1) is 10.2 Å². The smallest absolute Gasteiger partial charge is 0.265 e. The van der Waals surface area contributed by atoms with Crippen molar-refractivity contribution in [1.82, 2.24) is 14.6 Å². The van der Waals surface area contributed by atoms with Gasteiger partial charge in [-0.2, -0.15) is 0 Å². The van der Waals surface area contributed by atoms with E-state index in [0.29, 0.717) is 16.4 Å². The lowest BCUT2D eigenvalue weighted by atomic mass is 10.2. The van der Waals surface area contributed by atoms with Gasteiger partial charge in [-0.05, 0) is 18.2 Å². The maximum absolute atomic E-state index is 10.9. The van der Waals surface area contributed by atoms with Crippen molar-refractivity contribution in [3.05, 3.63) is 57.6 Å². The van der Waals surface area contributed by atoms with E-state index in [1.807, 2.05) is 16.5 Å². The number of hydrogen-bond donors (Lipinski definition) is 0. The molecule has 108 valence electrons. The highest BCUT2D eigenvalue weighted by molar-refractivity contribution is 7.23. The first-order chi connectivity index (χ1) is 10.6. The Morgan fingerprint density at radius 2 is 2.05 bits per heavy atom. The minimum absolute atomic E-state index is 0.0248. The molecule has 0 N–H and O–H groups in total. The third-order valence-electron chi connectivity index (χ3n) is 3.31. The highest BCUT2D eigenvalue weighted by atomic mass is 35.5. The molecular weight excluding hydrogens is 324 g/mol. The van der Waals surface area contributed by atoms with Gasteiger partial charge in [0.15, 0.2) is 5.82 Å². The Kier molecular flexibility index (Phi) is 2.85. The number of nitrogens with zero attached hydrogens (tertiary/aromatic N) is 4. The average Bonchev–Trinajstić information content (AvgIpc) is 3.05. The van der Waals surface area contributed by atoms with Gasteiger partial charge in [-0.3, -0.25) is 14.5 Å². The predicted molar refractivity (Wildman–Crippen MR) is 85.5 cm³/mol. The van der Waals surface area contributed by atoms with E-state index in [-0.39, 0.29) is 5.69 Å². The average molecular weight is 331 g/mol. The molecule has 0 aliphatic heterocycles. The number of nitro benzene ring substituents is 1. The molecule has 22 heavy (non-hydrogen) atoms. The van der Waals surface area contributed by atoms with Crippen LogP contribution in [0.4, 0.5) is 5.69 Å². The Balaban J connectivity index is 2.01. The summed E-state index contributed by atoms with van der Waals surface area (Å²) in [7, 11) is 0. The van der Waals surface area contributed by atoms with Gasteiger partial charge >= 0.3 is 0 Å². The summed E-state index contributed by atoms with van der Waals surface area (Å²) >= 11 is 7.48. The largest absolute Gasteiger partial charge is 0.270 e. The van der Waals surface area contributed by atoms with Crippen molar-refractivity contribution in [3.63, 3.8) is 0 Å². The van der Waals surface area contributed by atoms with Crippen LogP contribution in [0, 0.1) is 10.1 Å². The van der Waals surface area contributed by atoms with E-state index in [2.05, 4.69) is 10.2 Å². The normalized spacial score (nSPS) is 11.3. The van der Waals surface area contributed by atoms with Gasteiger partial charge in [0.05, 0.1) is 15.1 Å².